The Morgan fingerprint density at radius 3 is 2.50 bits per heavy atom. The van der Waals surface area contributed by atoms with Gasteiger partial charge in [0.05, 0.1) is 0 Å². The maximum absolute atomic E-state index is 6.13. The Bertz CT molecular complexity index is 680. The van der Waals surface area contributed by atoms with Crippen LogP contribution >= 0.6 is 11.6 Å². The highest BCUT2D eigenvalue weighted by atomic mass is 35.5. The van der Waals surface area contributed by atoms with E-state index in [4.69, 9.17) is 11.6 Å². The summed E-state index contributed by atoms with van der Waals surface area (Å²) in [5.41, 5.74) is 2.03. The number of rotatable bonds is 4. The van der Waals surface area contributed by atoms with E-state index in [0.29, 0.717) is 11.8 Å². The van der Waals surface area contributed by atoms with E-state index in [1.807, 2.05) is 53.1 Å². The summed E-state index contributed by atoms with van der Waals surface area (Å²) in [5.74, 6) is 0.784. The van der Waals surface area contributed by atoms with Crippen LogP contribution in [0.15, 0.2) is 54.7 Å². The minimum atomic E-state index is 0.403. The van der Waals surface area contributed by atoms with Gasteiger partial charge in [-0.25, -0.2) is 0 Å². The van der Waals surface area contributed by atoms with Gasteiger partial charge in [-0.1, -0.05) is 36.4 Å². The van der Waals surface area contributed by atoms with Crippen molar-refractivity contribution < 1.29 is 0 Å². The van der Waals surface area contributed by atoms with Gasteiger partial charge in [-0.3, -0.25) is 9.55 Å². The number of aryl methyl sites for hydroxylation is 1. The Kier molecular flexibility index (Phi) is 3.74. The maximum atomic E-state index is 6.13. The zero-order chi connectivity index (χ0) is 13.8. The van der Waals surface area contributed by atoms with Crippen molar-refractivity contribution in [3.8, 4) is 11.4 Å². The summed E-state index contributed by atoms with van der Waals surface area (Å²) in [5, 5.41) is 8.52. The zero-order valence-electron chi connectivity index (χ0n) is 10.8. The highest BCUT2D eigenvalue weighted by Gasteiger charge is 2.11. The van der Waals surface area contributed by atoms with E-state index in [-0.39, 0.29) is 0 Å². The van der Waals surface area contributed by atoms with Crippen molar-refractivity contribution in [2.24, 2.45) is 0 Å². The molecule has 0 aliphatic heterocycles. The second kappa shape index (κ2) is 5.84. The predicted molar refractivity (Wildman–Crippen MR) is 78.4 cm³/mol. The molecular weight excluding hydrogens is 272 g/mol. The molecule has 0 radical (unpaired) electrons. The lowest BCUT2D eigenvalue weighted by Gasteiger charge is -2.07. The lowest BCUT2D eigenvalue weighted by atomic mass is 10.2. The summed E-state index contributed by atoms with van der Waals surface area (Å²) in [6, 6.07) is 15.8. The summed E-state index contributed by atoms with van der Waals surface area (Å²) in [6.07, 6.45) is 2.58. The first-order chi connectivity index (χ1) is 9.84. The standard InChI is InChI=1S/C15H13ClN4/c16-15-19-18-14(12-6-2-1-3-7-12)20(15)11-9-13-8-4-5-10-17-13/h1-8,10H,9,11H2. The maximum Gasteiger partial charge on any atom is 0.225 e. The van der Waals surface area contributed by atoms with Crippen molar-refractivity contribution in [1.29, 1.82) is 0 Å². The third-order valence-corrected chi connectivity index (χ3v) is 3.33. The molecule has 5 heteroatoms. The molecule has 0 fully saturated rings. The molecule has 0 aliphatic rings. The van der Waals surface area contributed by atoms with Gasteiger partial charge >= 0.3 is 0 Å². The minimum Gasteiger partial charge on any atom is -0.297 e. The highest BCUT2D eigenvalue weighted by molar-refractivity contribution is 6.28. The van der Waals surface area contributed by atoms with Crippen LogP contribution < -0.4 is 0 Å². The van der Waals surface area contributed by atoms with Crippen LogP contribution in [0.2, 0.25) is 5.28 Å². The van der Waals surface area contributed by atoms with Crippen molar-refractivity contribution in [1.82, 2.24) is 19.7 Å². The second-order valence-corrected chi connectivity index (χ2v) is 4.72. The van der Waals surface area contributed by atoms with Crippen LogP contribution in [0.5, 0.6) is 0 Å². The third kappa shape index (κ3) is 2.70. The van der Waals surface area contributed by atoms with Gasteiger partial charge in [0.1, 0.15) is 0 Å². The van der Waals surface area contributed by atoms with Crippen molar-refractivity contribution in [2.75, 3.05) is 0 Å². The first-order valence-corrected chi connectivity index (χ1v) is 6.76. The number of benzene rings is 1. The Morgan fingerprint density at radius 2 is 1.75 bits per heavy atom. The molecule has 0 spiro atoms. The molecule has 0 atom stereocenters. The van der Waals surface area contributed by atoms with Crippen LogP contribution in [0.25, 0.3) is 11.4 Å². The molecule has 0 unspecified atom stereocenters. The number of hydrogen-bond donors (Lipinski definition) is 0. The normalized spacial score (nSPS) is 10.7. The topological polar surface area (TPSA) is 43.6 Å². The fourth-order valence-electron chi connectivity index (χ4n) is 2.06. The van der Waals surface area contributed by atoms with Gasteiger partial charge in [0.2, 0.25) is 5.28 Å². The molecule has 1 aromatic carbocycles. The molecule has 3 aromatic rings. The molecule has 20 heavy (non-hydrogen) atoms. The smallest absolute Gasteiger partial charge is 0.225 e. The van der Waals surface area contributed by atoms with Crippen molar-refractivity contribution in [2.45, 2.75) is 13.0 Å². The van der Waals surface area contributed by atoms with Crippen LogP contribution in [0, 0.1) is 0 Å². The van der Waals surface area contributed by atoms with E-state index in [0.717, 1.165) is 23.5 Å². The first kappa shape index (κ1) is 12.8. The second-order valence-electron chi connectivity index (χ2n) is 4.38. The summed E-state index contributed by atoms with van der Waals surface area (Å²) in [4.78, 5) is 4.31. The molecule has 4 nitrogen and oxygen atoms in total. The van der Waals surface area contributed by atoms with Crippen LogP contribution in [-0.2, 0) is 13.0 Å². The number of nitrogens with zero attached hydrogens (tertiary/aromatic N) is 4. The van der Waals surface area contributed by atoms with Crippen molar-refractivity contribution in [3.63, 3.8) is 0 Å². The monoisotopic (exact) mass is 284 g/mol. The van der Waals surface area contributed by atoms with Crippen LogP contribution in [0.3, 0.4) is 0 Å². The molecule has 0 bridgehead atoms. The Hall–Kier alpha value is -2.20. The number of halogens is 1. The number of aromatic nitrogens is 4. The van der Waals surface area contributed by atoms with E-state index in [9.17, 15) is 0 Å². The molecule has 0 N–H and O–H groups in total. The summed E-state index contributed by atoms with van der Waals surface area (Å²) in [7, 11) is 0. The lowest BCUT2D eigenvalue weighted by molar-refractivity contribution is 0.690. The SMILES string of the molecule is Clc1nnc(-c2ccccc2)n1CCc1ccccn1. The lowest BCUT2D eigenvalue weighted by Crippen LogP contribution is -2.04. The number of pyridine rings is 1. The van der Waals surface area contributed by atoms with Gasteiger partial charge in [-0.05, 0) is 23.7 Å². The first-order valence-electron chi connectivity index (χ1n) is 6.38. The summed E-state index contributed by atoms with van der Waals surface area (Å²) >= 11 is 6.13. The fraction of sp³-hybridized carbons (Fsp3) is 0.133. The van der Waals surface area contributed by atoms with Crippen molar-refractivity contribution in [3.05, 3.63) is 65.7 Å². The quantitative estimate of drug-likeness (QED) is 0.739. The van der Waals surface area contributed by atoms with Crippen LogP contribution in [0.1, 0.15) is 5.69 Å². The summed E-state index contributed by atoms with van der Waals surface area (Å²) in [6.45, 7) is 0.701. The van der Waals surface area contributed by atoms with E-state index in [1.54, 1.807) is 6.20 Å². The summed E-state index contributed by atoms with van der Waals surface area (Å²) < 4.78 is 1.91. The Balaban J connectivity index is 1.85. The van der Waals surface area contributed by atoms with Gasteiger partial charge in [-0.15, -0.1) is 10.2 Å². The van der Waals surface area contributed by atoms with Gasteiger partial charge < -0.3 is 0 Å². The molecule has 100 valence electrons. The molecule has 0 saturated heterocycles. The largest absolute Gasteiger partial charge is 0.297 e. The molecule has 0 aliphatic carbocycles. The van der Waals surface area contributed by atoms with Crippen LogP contribution in [-0.4, -0.2) is 19.7 Å². The molecule has 0 amide bonds. The molecule has 2 heterocycles. The van der Waals surface area contributed by atoms with Gasteiger partial charge in [0.15, 0.2) is 5.82 Å². The average molecular weight is 285 g/mol. The van der Waals surface area contributed by atoms with E-state index in [2.05, 4.69) is 15.2 Å². The molecule has 3 rings (SSSR count). The molecular formula is C15H13ClN4. The average Bonchev–Trinajstić information content (AvgIpc) is 2.88. The van der Waals surface area contributed by atoms with Gasteiger partial charge in [-0.2, -0.15) is 0 Å². The Morgan fingerprint density at radius 1 is 0.950 bits per heavy atom. The minimum absolute atomic E-state index is 0.403. The predicted octanol–water partition coefficient (Wildman–Crippen LogP) is 3.24. The van der Waals surface area contributed by atoms with E-state index >= 15 is 0 Å². The molecule has 2 aromatic heterocycles. The van der Waals surface area contributed by atoms with Gasteiger partial charge in [0.25, 0.3) is 0 Å². The fourth-order valence-corrected chi connectivity index (χ4v) is 2.26. The van der Waals surface area contributed by atoms with E-state index in [1.165, 1.54) is 0 Å². The van der Waals surface area contributed by atoms with E-state index < -0.39 is 0 Å². The third-order valence-electron chi connectivity index (χ3n) is 3.06. The number of hydrogen-bond acceptors (Lipinski definition) is 3. The molecule has 0 saturated carbocycles. The Labute approximate surface area is 122 Å². The van der Waals surface area contributed by atoms with Gasteiger partial charge in [0, 0.05) is 30.4 Å². The highest BCUT2D eigenvalue weighted by Crippen LogP contribution is 2.20. The van der Waals surface area contributed by atoms with Crippen LogP contribution in [0.4, 0.5) is 0 Å². The van der Waals surface area contributed by atoms with Crippen molar-refractivity contribution >= 4 is 11.6 Å². The zero-order valence-corrected chi connectivity index (χ0v) is 11.5.